The second kappa shape index (κ2) is 9.65. The van der Waals surface area contributed by atoms with Crippen LogP contribution in [0.2, 0.25) is 0 Å². The fourth-order valence-corrected chi connectivity index (χ4v) is 5.27. The molecule has 0 N–H and O–H groups in total. The highest BCUT2D eigenvalue weighted by molar-refractivity contribution is 7.21. The maximum absolute atomic E-state index is 12.7. The Morgan fingerprint density at radius 3 is 2.47 bits per heavy atom. The molecular formula is C23H19N5O4S2. The Hall–Kier alpha value is -3.70. The molecule has 1 aliphatic rings. The van der Waals surface area contributed by atoms with Gasteiger partial charge in [0.05, 0.1) is 15.1 Å². The van der Waals surface area contributed by atoms with E-state index in [0.29, 0.717) is 41.8 Å². The zero-order valence-electron chi connectivity index (χ0n) is 17.9. The van der Waals surface area contributed by atoms with Gasteiger partial charge in [0, 0.05) is 38.6 Å². The Balaban J connectivity index is 1.20. The lowest BCUT2D eigenvalue weighted by molar-refractivity contribution is -0.136. The van der Waals surface area contributed by atoms with E-state index in [9.17, 15) is 14.4 Å². The summed E-state index contributed by atoms with van der Waals surface area (Å²) in [5.41, 5.74) is 1.14. The molecule has 0 radical (unpaired) electrons. The molecule has 0 bridgehead atoms. The van der Waals surface area contributed by atoms with Crippen LogP contribution in [0.25, 0.3) is 20.9 Å². The van der Waals surface area contributed by atoms with Gasteiger partial charge in [0.2, 0.25) is 0 Å². The Morgan fingerprint density at radius 1 is 0.941 bits per heavy atom. The van der Waals surface area contributed by atoms with E-state index in [-0.39, 0.29) is 17.5 Å². The van der Waals surface area contributed by atoms with E-state index in [2.05, 4.69) is 15.0 Å². The van der Waals surface area contributed by atoms with Crippen LogP contribution in [0.4, 0.5) is 0 Å². The molecule has 4 aromatic rings. The number of thiophene rings is 1. The standard InChI is InChI=1S/C23H19N5O4S2/c29-18(27-9-11-28(12-10-27)22(30)17-6-3-13-33-17)14-32-23(31)20-19(24-7-8-25-20)21-26-15-4-1-2-5-16(15)34-21/h1-8,13H,9-12,14H2. The molecule has 2 amide bonds. The fraction of sp³-hybridized carbons (Fsp3) is 0.217. The summed E-state index contributed by atoms with van der Waals surface area (Å²) in [6, 6.07) is 11.3. The van der Waals surface area contributed by atoms with Crippen LogP contribution in [0.3, 0.4) is 0 Å². The van der Waals surface area contributed by atoms with Gasteiger partial charge in [-0.25, -0.2) is 19.7 Å². The summed E-state index contributed by atoms with van der Waals surface area (Å²) in [4.78, 5) is 54.8. The van der Waals surface area contributed by atoms with E-state index in [1.54, 1.807) is 15.9 Å². The van der Waals surface area contributed by atoms with Crippen LogP contribution >= 0.6 is 22.7 Å². The van der Waals surface area contributed by atoms with Crippen molar-refractivity contribution in [3.63, 3.8) is 0 Å². The van der Waals surface area contributed by atoms with Crippen molar-refractivity contribution in [2.75, 3.05) is 32.8 Å². The predicted molar refractivity (Wildman–Crippen MR) is 128 cm³/mol. The smallest absolute Gasteiger partial charge is 0.359 e. The normalized spacial score (nSPS) is 13.8. The molecule has 11 heteroatoms. The second-order valence-electron chi connectivity index (χ2n) is 7.47. The number of hydrogen-bond donors (Lipinski definition) is 0. The molecule has 34 heavy (non-hydrogen) atoms. The molecule has 0 unspecified atom stereocenters. The van der Waals surface area contributed by atoms with E-state index < -0.39 is 12.6 Å². The topological polar surface area (TPSA) is 106 Å². The van der Waals surface area contributed by atoms with Gasteiger partial charge in [0.1, 0.15) is 10.7 Å². The molecule has 1 aromatic carbocycles. The number of nitrogens with zero attached hydrogens (tertiary/aromatic N) is 5. The number of benzene rings is 1. The van der Waals surface area contributed by atoms with Gasteiger partial charge in [-0.3, -0.25) is 9.59 Å². The first kappa shape index (κ1) is 22.1. The SMILES string of the molecule is O=C(OCC(=O)N1CCN(C(=O)c2cccs2)CC1)c1nccnc1-c1nc2ccccc2s1. The molecule has 1 aliphatic heterocycles. The third-order valence-electron chi connectivity index (χ3n) is 5.37. The van der Waals surface area contributed by atoms with Crippen molar-refractivity contribution in [1.82, 2.24) is 24.8 Å². The van der Waals surface area contributed by atoms with E-state index >= 15 is 0 Å². The van der Waals surface area contributed by atoms with Crippen LogP contribution in [0.5, 0.6) is 0 Å². The van der Waals surface area contributed by atoms with Gasteiger partial charge >= 0.3 is 5.97 Å². The van der Waals surface area contributed by atoms with Gasteiger partial charge in [-0.1, -0.05) is 18.2 Å². The Morgan fingerprint density at radius 2 is 1.71 bits per heavy atom. The number of rotatable bonds is 5. The lowest BCUT2D eigenvalue weighted by Gasteiger charge is -2.34. The monoisotopic (exact) mass is 493 g/mol. The predicted octanol–water partition coefficient (Wildman–Crippen LogP) is 2.96. The molecule has 1 saturated heterocycles. The first-order chi connectivity index (χ1) is 16.6. The van der Waals surface area contributed by atoms with E-state index in [1.807, 2.05) is 35.7 Å². The van der Waals surface area contributed by atoms with E-state index in [4.69, 9.17) is 4.74 Å². The number of ether oxygens (including phenoxy) is 1. The highest BCUT2D eigenvalue weighted by Crippen LogP contribution is 2.30. The summed E-state index contributed by atoms with van der Waals surface area (Å²) in [7, 11) is 0. The largest absolute Gasteiger partial charge is 0.451 e. The number of thiazole rings is 1. The number of aromatic nitrogens is 3. The maximum Gasteiger partial charge on any atom is 0.359 e. The molecule has 1 fully saturated rings. The minimum atomic E-state index is -0.734. The zero-order chi connectivity index (χ0) is 23.5. The molecule has 5 rings (SSSR count). The van der Waals surface area contributed by atoms with Crippen molar-refractivity contribution < 1.29 is 19.1 Å². The molecule has 0 atom stereocenters. The molecule has 172 valence electrons. The fourth-order valence-electron chi connectivity index (χ4n) is 3.62. The molecule has 0 saturated carbocycles. The number of piperazine rings is 1. The summed E-state index contributed by atoms with van der Waals surface area (Å²) in [5.74, 6) is -1.08. The zero-order valence-corrected chi connectivity index (χ0v) is 19.6. The Labute approximate surface area is 202 Å². The van der Waals surface area contributed by atoms with Crippen molar-refractivity contribution in [2.24, 2.45) is 0 Å². The van der Waals surface area contributed by atoms with E-state index in [1.165, 1.54) is 35.1 Å². The summed E-state index contributed by atoms with van der Waals surface area (Å²) in [6.45, 7) is 1.23. The lowest BCUT2D eigenvalue weighted by atomic mass is 10.3. The van der Waals surface area contributed by atoms with Gasteiger partial charge in [-0.05, 0) is 23.6 Å². The van der Waals surface area contributed by atoms with Crippen LogP contribution in [-0.2, 0) is 9.53 Å². The summed E-state index contributed by atoms with van der Waals surface area (Å²) in [6.07, 6.45) is 2.89. The van der Waals surface area contributed by atoms with Crippen molar-refractivity contribution in [3.8, 4) is 10.7 Å². The number of para-hydroxylation sites is 1. The Kier molecular flexibility index (Phi) is 6.28. The molecule has 3 aromatic heterocycles. The molecule has 0 spiro atoms. The van der Waals surface area contributed by atoms with Crippen LogP contribution in [0.1, 0.15) is 20.2 Å². The van der Waals surface area contributed by atoms with Gasteiger partial charge in [-0.15, -0.1) is 22.7 Å². The number of carbonyl (C=O) groups is 3. The highest BCUT2D eigenvalue weighted by Gasteiger charge is 2.27. The molecule has 4 heterocycles. The van der Waals surface area contributed by atoms with Crippen molar-refractivity contribution in [2.45, 2.75) is 0 Å². The second-order valence-corrected chi connectivity index (χ2v) is 9.45. The molecular weight excluding hydrogens is 474 g/mol. The Bertz CT molecular complexity index is 1310. The average Bonchev–Trinajstić information content (AvgIpc) is 3.57. The number of esters is 1. The number of fused-ring (bicyclic) bond motifs is 1. The van der Waals surface area contributed by atoms with E-state index in [0.717, 1.165) is 10.2 Å². The maximum atomic E-state index is 12.7. The molecule has 0 aliphatic carbocycles. The van der Waals surface area contributed by atoms with Gasteiger partial charge in [0.15, 0.2) is 12.3 Å². The first-order valence-corrected chi connectivity index (χ1v) is 12.2. The van der Waals surface area contributed by atoms with Crippen LogP contribution in [0, 0.1) is 0 Å². The van der Waals surface area contributed by atoms with Crippen molar-refractivity contribution in [1.29, 1.82) is 0 Å². The lowest BCUT2D eigenvalue weighted by Crippen LogP contribution is -2.51. The number of hydrogen-bond acceptors (Lipinski definition) is 9. The van der Waals surface area contributed by atoms with Crippen LogP contribution in [0.15, 0.2) is 54.2 Å². The van der Waals surface area contributed by atoms with Gasteiger partial charge in [0.25, 0.3) is 11.8 Å². The summed E-state index contributed by atoms with van der Waals surface area (Å²) in [5, 5.41) is 2.42. The minimum Gasteiger partial charge on any atom is -0.451 e. The third kappa shape index (κ3) is 4.52. The summed E-state index contributed by atoms with van der Waals surface area (Å²) < 4.78 is 6.24. The third-order valence-corrected chi connectivity index (χ3v) is 7.27. The summed E-state index contributed by atoms with van der Waals surface area (Å²) >= 11 is 2.80. The van der Waals surface area contributed by atoms with Crippen LogP contribution < -0.4 is 0 Å². The number of amides is 2. The first-order valence-electron chi connectivity index (χ1n) is 10.5. The van der Waals surface area contributed by atoms with Gasteiger partial charge in [-0.2, -0.15) is 0 Å². The van der Waals surface area contributed by atoms with Gasteiger partial charge < -0.3 is 14.5 Å². The van der Waals surface area contributed by atoms with Crippen molar-refractivity contribution in [3.05, 3.63) is 64.7 Å². The minimum absolute atomic E-state index is 0.0146. The van der Waals surface area contributed by atoms with Crippen molar-refractivity contribution >= 4 is 50.7 Å². The quantitative estimate of drug-likeness (QED) is 0.394. The number of carbonyl (C=O) groups excluding carboxylic acids is 3. The molecule has 9 nitrogen and oxygen atoms in total. The average molecular weight is 494 g/mol. The highest BCUT2D eigenvalue weighted by atomic mass is 32.1. The van der Waals surface area contributed by atoms with Crippen LogP contribution in [-0.4, -0.2) is 75.3 Å².